The predicted octanol–water partition coefficient (Wildman–Crippen LogP) is 2.65. The van der Waals surface area contributed by atoms with Crippen LogP contribution in [0.25, 0.3) is 6.08 Å². The molecule has 0 unspecified atom stereocenters. The quantitative estimate of drug-likeness (QED) is 0.437. The van der Waals surface area contributed by atoms with E-state index in [2.05, 4.69) is 0 Å². The van der Waals surface area contributed by atoms with E-state index < -0.39 is 0 Å². The molecular formula is C13H10N2O. The van der Waals surface area contributed by atoms with E-state index in [4.69, 9.17) is 15.3 Å². The Morgan fingerprint density at radius 1 is 1.19 bits per heavy atom. The Bertz CT molecular complexity index is 471. The van der Waals surface area contributed by atoms with Gasteiger partial charge in [-0.25, -0.2) is 0 Å². The van der Waals surface area contributed by atoms with Crippen molar-refractivity contribution in [3.63, 3.8) is 0 Å². The molecule has 1 aromatic carbocycles. The van der Waals surface area contributed by atoms with Crippen LogP contribution in [-0.4, -0.2) is 7.11 Å². The minimum Gasteiger partial charge on any atom is -0.497 e. The Balaban J connectivity index is 3.02. The van der Waals surface area contributed by atoms with Crippen molar-refractivity contribution < 1.29 is 4.74 Å². The molecule has 0 saturated carbocycles. The van der Waals surface area contributed by atoms with Crippen molar-refractivity contribution in [2.75, 3.05) is 7.11 Å². The van der Waals surface area contributed by atoms with Gasteiger partial charge in [0.1, 0.15) is 23.5 Å². The van der Waals surface area contributed by atoms with Crippen LogP contribution in [0.1, 0.15) is 5.56 Å². The van der Waals surface area contributed by atoms with E-state index in [1.54, 1.807) is 18.2 Å². The molecule has 1 aromatic rings. The number of rotatable bonds is 3. The van der Waals surface area contributed by atoms with Crippen LogP contribution in [-0.2, 0) is 4.74 Å². The van der Waals surface area contributed by atoms with Gasteiger partial charge in [-0.05, 0) is 11.6 Å². The van der Waals surface area contributed by atoms with Crippen molar-refractivity contribution >= 4 is 6.08 Å². The largest absolute Gasteiger partial charge is 0.497 e. The maximum absolute atomic E-state index is 8.61. The van der Waals surface area contributed by atoms with E-state index in [1.165, 1.54) is 13.2 Å². The first kappa shape index (κ1) is 11.6. The minimum absolute atomic E-state index is 0.0176. The molecule has 0 atom stereocenters. The standard InChI is InChI=1S/C13H10N2O/c1-16-13(8-12(9-14)10-15)7-11-5-3-2-4-6-11/h2-8H,1H3. The Kier molecular flexibility index (Phi) is 4.37. The molecule has 3 nitrogen and oxygen atoms in total. The molecule has 1 rings (SSSR count). The lowest BCUT2D eigenvalue weighted by atomic mass is 10.2. The molecule has 0 aliphatic heterocycles. The highest BCUT2D eigenvalue weighted by molar-refractivity contribution is 5.56. The number of benzene rings is 1. The predicted molar refractivity (Wildman–Crippen MR) is 60.7 cm³/mol. The van der Waals surface area contributed by atoms with Gasteiger partial charge in [0.15, 0.2) is 0 Å². The molecule has 0 aliphatic carbocycles. The number of nitriles is 2. The summed E-state index contributed by atoms with van der Waals surface area (Å²) in [5, 5.41) is 17.2. The van der Waals surface area contributed by atoms with Crippen LogP contribution in [0, 0.1) is 22.7 Å². The molecule has 0 radical (unpaired) electrons. The van der Waals surface area contributed by atoms with Gasteiger partial charge in [-0.15, -0.1) is 0 Å². The fourth-order valence-electron chi connectivity index (χ4n) is 1.10. The zero-order valence-electron chi connectivity index (χ0n) is 8.84. The van der Waals surface area contributed by atoms with E-state index in [1.807, 2.05) is 30.3 Å². The first-order chi connectivity index (χ1) is 7.80. The average Bonchev–Trinajstić information content (AvgIpc) is 2.35. The van der Waals surface area contributed by atoms with Gasteiger partial charge < -0.3 is 4.74 Å². The summed E-state index contributed by atoms with van der Waals surface area (Å²) in [7, 11) is 1.50. The summed E-state index contributed by atoms with van der Waals surface area (Å²) in [4.78, 5) is 0. The first-order valence-electron chi connectivity index (χ1n) is 4.62. The molecular weight excluding hydrogens is 200 g/mol. The summed E-state index contributed by atoms with van der Waals surface area (Å²) < 4.78 is 5.07. The third-order valence-corrected chi connectivity index (χ3v) is 1.87. The molecule has 0 fully saturated rings. The summed E-state index contributed by atoms with van der Waals surface area (Å²) in [6.07, 6.45) is 3.17. The van der Waals surface area contributed by atoms with Crippen molar-refractivity contribution in [2.45, 2.75) is 0 Å². The minimum atomic E-state index is 0.0176. The summed E-state index contributed by atoms with van der Waals surface area (Å²) in [5.41, 5.74) is 0.967. The van der Waals surface area contributed by atoms with Crippen LogP contribution < -0.4 is 0 Å². The van der Waals surface area contributed by atoms with E-state index in [-0.39, 0.29) is 5.57 Å². The van der Waals surface area contributed by atoms with Crippen molar-refractivity contribution in [2.24, 2.45) is 0 Å². The van der Waals surface area contributed by atoms with Gasteiger partial charge in [-0.3, -0.25) is 0 Å². The Hall–Kier alpha value is -2.52. The maximum Gasteiger partial charge on any atom is 0.133 e. The maximum atomic E-state index is 8.61. The van der Waals surface area contributed by atoms with Crippen LogP contribution in [0.3, 0.4) is 0 Å². The van der Waals surface area contributed by atoms with Gasteiger partial charge >= 0.3 is 0 Å². The highest BCUT2D eigenvalue weighted by Gasteiger charge is 1.97. The lowest BCUT2D eigenvalue weighted by molar-refractivity contribution is 0.310. The number of allylic oxidation sites excluding steroid dienone is 2. The van der Waals surface area contributed by atoms with Crippen molar-refractivity contribution in [1.82, 2.24) is 0 Å². The third kappa shape index (κ3) is 3.32. The molecule has 0 bridgehead atoms. The van der Waals surface area contributed by atoms with Crippen molar-refractivity contribution in [3.05, 3.63) is 53.3 Å². The number of hydrogen-bond acceptors (Lipinski definition) is 3. The fraction of sp³-hybridized carbons (Fsp3) is 0.0769. The highest BCUT2D eigenvalue weighted by Crippen LogP contribution is 2.09. The summed E-state index contributed by atoms with van der Waals surface area (Å²) >= 11 is 0. The van der Waals surface area contributed by atoms with Gasteiger partial charge in [-0.1, -0.05) is 30.3 Å². The van der Waals surface area contributed by atoms with Gasteiger partial charge in [0.05, 0.1) is 7.11 Å². The van der Waals surface area contributed by atoms with Crippen LogP contribution in [0.2, 0.25) is 0 Å². The second-order valence-corrected chi connectivity index (χ2v) is 2.94. The molecule has 3 heteroatoms. The summed E-state index contributed by atoms with van der Waals surface area (Å²) in [6.45, 7) is 0. The van der Waals surface area contributed by atoms with Crippen LogP contribution >= 0.6 is 0 Å². The molecule has 0 aliphatic rings. The zero-order valence-corrected chi connectivity index (χ0v) is 8.84. The molecule has 0 heterocycles. The summed E-state index contributed by atoms with van der Waals surface area (Å²) in [6, 6.07) is 13.1. The zero-order chi connectivity index (χ0) is 11.8. The second-order valence-electron chi connectivity index (χ2n) is 2.94. The Morgan fingerprint density at radius 2 is 1.81 bits per heavy atom. The number of hydrogen-bond donors (Lipinski definition) is 0. The third-order valence-electron chi connectivity index (χ3n) is 1.87. The summed E-state index contributed by atoms with van der Waals surface area (Å²) in [5.74, 6) is 0.476. The first-order valence-corrected chi connectivity index (χ1v) is 4.62. The fourth-order valence-corrected chi connectivity index (χ4v) is 1.10. The molecule has 0 saturated heterocycles. The van der Waals surface area contributed by atoms with Gasteiger partial charge in [0, 0.05) is 6.08 Å². The molecule has 0 aromatic heterocycles. The van der Waals surface area contributed by atoms with Gasteiger partial charge in [0.2, 0.25) is 0 Å². The normalized spacial score (nSPS) is 9.81. The lowest BCUT2D eigenvalue weighted by Gasteiger charge is -2.00. The Morgan fingerprint density at radius 3 is 2.31 bits per heavy atom. The van der Waals surface area contributed by atoms with Gasteiger partial charge in [-0.2, -0.15) is 10.5 Å². The number of methoxy groups -OCH3 is 1. The molecule has 0 spiro atoms. The number of nitrogens with zero attached hydrogens (tertiary/aromatic N) is 2. The highest BCUT2D eigenvalue weighted by atomic mass is 16.5. The van der Waals surface area contributed by atoms with Crippen molar-refractivity contribution in [1.29, 1.82) is 10.5 Å². The number of ether oxygens (including phenoxy) is 1. The lowest BCUT2D eigenvalue weighted by Crippen LogP contribution is -1.84. The van der Waals surface area contributed by atoms with Crippen molar-refractivity contribution in [3.8, 4) is 12.1 Å². The molecule has 0 N–H and O–H groups in total. The topological polar surface area (TPSA) is 56.8 Å². The monoisotopic (exact) mass is 210 g/mol. The van der Waals surface area contributed by atoms with Gasteiger partial charge in [0.25, 0.3) is 0 Å². The van der Waals surface area contributed by atoms with E-state index in [0.29, 0.717) is 5.76 Å². The van der Waals surface area contributed by atoms with Crippen LogP contribution in [0.5, 0.6) is 0 Å². The molecule has 16 heavy (non-hydrogen) atoms. The molecule has 78 valence electrons. The molecule has 0 amide bonds. The SMILES string of the molecule is COC(C=C(C#N)C#N)=Cc1ccccc1. The van der Waals surface area contributed by atoms with Crippen LogP contribution in [0.15, 0.2) is 47.7 Å². The Labute approximate surface area is 94.5 Å². The van der Waals surface area contributed by atoms with E-state index >= 15 is 0 Å². The second kappa shape index (κ2) is 6.06. The smallest absolute Gasteiger partial charge is 0.133 e. The van der Waals surface area contributed by atoms with E-state index in [0.717, 1.165) is 5.56 Å². The van der Waals surface area contributed by atoms with Crippen LogP contribution in [0.4, 0.5) is 0 Å². The average molecular weight is 210 g/mol. The van der Waals surface area contributed by atoms with E-state index in [9.17, 15) is 0 Å².